The standard InChI is InChI=1S/C25H26N2O3S/c1-26(2)18-14-20-10-9-13-23-22(20)15-19-27(23)24(28)25(16-7-4-8-17-25)31(29,30)21-11-5-3-6-12-21/h3-13,15-16,19H,14,17-18H2,1-2H3. The molecule has 0 radical (unpaired) electrons. The summed E-state index contributed by atoms with van der Waals surface area (Å²) in [4.78, 5) is 16.1. The quantitative estimate of drug-likeness (QED) is 0.586. The molecule has 0 saturated heterocycles. The Morgan fingerprint density at radius 1 is 1.03 bits per heavy atom. The maximum absolute atomic E-state index is 13.9. The first-order chi connectivity index (χ1) is 14.9. The van der Waals surface area contributed by atoms with Crippen molar-refractivity contribution in [2.75, 3.05) is 20.6 Å². The van der Waals surface area contributed by atoms with Crippen molar-refractivity contribution in [3.63, 3.8) is 0 Å². The SMILES string of the molecule is CN(C)CCc1cccc2c1ccn2C(=O)C1(S(=O)(=O)c2ccccc2)C=CC=CC1. The minimum Gasteiger partial charge on any atom is -0.309 e. The number of nitrogens with zero attached hydrogens (tertiary/aromatic N) is 2. The largest absolute Gasteiger partial charge is 0.309 e. The maximum atomic E-state index is 13.9. The summed E-state index contributed by atoms with van der Waals surface area (Å²) in [6, 6.07) is 16.0. The van der Waals surface area contributed by atoms with E-state index < -0.39 is 20.5 Å². The number of carbonyl (C=O) groups is 1. The Balaban J connectivity index is 1.83. The molecule has 4 rings (SSSR count). The fourth-order valence-corrected chi connectivity index (χ4v) is 5.90. The normalized spacial score (nSPS) is 18.7. The van der Waals surface area contributed by atoms with Crippen LogP contribution >= 0.6 is 0 Å². The molecule has 0 saturated carbocycles. The second kappa shape index (κ2) is 8.29. The van der Waals surface area contributed by atoms with Crippen LogP contribution in [0.4, 0.5) is 0 Å². The third-order valence-electron chi connectivity index (χ3n) is 5.80. The van der Waals surface area contributed by atoms with Gasteiger partial charge in [0.05, 0.1) is 10.4 Å². The van der Waals surface area contributed by atoms with Crippen molar-refractivity contribution < 1.29 is 13.2 Å². The molecule has 1 aliphatic rings. The Kier molecular flexibility index (Phi) is 5.69. The van der Waals surface area contributed by atoms with Crippen molar-refractivity contribution in [3.05, 3.63) is 90.7 Å². The lowest BCUT2D eigenvalue weighted by molar-refractivity contribution is 0.0882. The topological polar surface area (TPSA) is 59.4 Å². The Morgan fingerprint density at radius 3 is 2.48 bits per heavy atom. The van der Waals surface area contributed by atoms with Crippen molar-refractivity contribution in [2.45, 2.75) is 22.5 Å². The molecule has 3 aromatic rings. The summed E-state index contributed by atoms with van der Waals surface area (Å²) in [5, 5.41) is 0.972. The average Bonchev–Trinajstić information content (AvgIpc) is 3.22. The van der Waals surface area contributed by atoms with Gasteiger partial charge in [0.2, 0.25) is 0 Å². The van der Waals surface area contributed by atoms with E-state index >= 15 is 0 Å². The minimum absolute atomic E-state index is 0.0968. The molecular formula is C25H26N2O3S. The number of allylic oxidation sites excluding steroid dienone is 3. The van der Waals surface area contributed by atoms with E-state index in [1.807, 2.05) is 32.3 Å². The van der Waals surface area contributed by atoms with Crippen molar-refractivity contribution in [1.29, 1.82) is 0 Å². The third kappa shape index (κ3) is 3.66. The molecule has 5 nitrogen and oxygen atoms in total. The second-order valence-corrected chi connectivity index (χ2v) is 10.3. The van der Waals surface area contributed by atoms with Crippen LogP contribution in [0.3, 0.4) is 0 Å². The number of carbonyl (C=O) groups excluding carboxylic acids is 1. The molecule has 1 aromatic heterocycles. The minimum atomic E-state index is -3.96. The molecule has 2 aromatic carbocycles. The van der Waals surface area contributed by atoms with Gasteiger partial charge < -0.3 is 4.90 Å². The van der Waals surface area contributed by atoms with Gasteiger partial charge in [-0.3, -0.25) is 9.36 Å². The predicted molar refractivity (Wildman–Crippen MR) is 124 cm³/mol. The molecule has 0 amide bonds. The van der Waals surface area contributed by atoms with Crippen LogP contribution in [0.2, 0.25) is 0 Å². The smallest absolute Gasteiger partial charge is 0.257 e. The zero-order valence-corrected chi connectivity index (χ0v) is 18.5. The third-order valence-corrected chi connectivity index (χ3v) is 8.13. The van der Waals surface area contributed by atoms with E-state index in [2.05, 4.69) is 11.0 Å². The zero-order chi connectivity index (χ0) is 22.1. The average molecular weight is 435 g/mol. The lowest BCUT2D eigenvalue weighted by Crippen LogP contribution is -2.47. The van der Waals surface area contributed by atoms with Gasteiger partial charge in [-0.1, -0.05) is 54.6 Å². The highest BCUT2D eigenvalue weighted by Crippen LogP contribution is 2.36. The molecule has 0 fully saturated rings. The summed E-state index contributed by atoms with van der Waals surface area (Å²) >= 11 is 0. The summed E-state index contributed by atoms with van der Waals surface area (Å²) in [6.07, 6.45) is 9.33. The summed E-state index contributed by atoms with van der Waals surface area (Å²) in [7, 11) is 0.0833. The summed E-state index contributed by atoms with van der Waals surface area (Å²) < 4.78 is 27.2. The summed E-state index contributed by atoms with van der Waals surface area (Å²) in [5.74, 6) is -0.461. The van der Waals surface area contributed by atoms with E-state index in [9.17, 15) is 13.2 Å². The number of aromatic nitrogens is 1. The number of benzene rings is 2. The Bertz CT molecular complexity index is 1270. The predicted octanol–water partition coefficient (Wildman–Crippen LogP) is 4.11. The number of hydrogen-bond donors (Lipinski definition) is 0. The molecule has 1 atom stereocenters. The zero-order valence-electron chi connectivity index (χ0n) is 17.7. The van der Waals surface area contributed by atoms with E-state index in [1.54, 1.807) is 54.8 Å². The fraction of sp³-hybridized carbons (Fsp3) is 0.240. The summed E-state index contributed by atoms with van der Waals surface area (Å²) in [6.45, 7) is 0.887. The van der Waals surface area contributed by atoms with Gasteiger partial charge in [-0.15, -0.1) is 0 Å². The second-order valence-electron chi connectivity index (χ2n) is 8.09. The van der Waals surface area contributed by atoms with Crippen molar-refractivity contribution in [1.82, 2.24) is 9.47 Å². The van der Waals surface area contributed by atoms with Crippen molar-refractivity contribution in [2.24, 2.45) is 0 Å². The van der Waals surface area contributed by atoms with Crippen molar-refractivity contribution >= 4 is 26.6 Å². The van der Waals surface area contributed by atoms with Gasteiger partial charge in [0.25, 0.3) is 5.91 Å². The van der Waals surface area contributed by atoms with Crippen LogP contribution in [-0.2, 0) is 16.3 Å². The molecule has 0 aliphatic heterocycles. The van der Waals surface area contributed by atoms with Crippen LogP contribution in [0, 0.1) is 0 Å². The first-order valence-corrected chi connectivity index (χ1v) is 11.8. The van der Waals surface area contributed by atoms with Crippen molar-refractivity contribution in [3.8, 4) is 0 Å². The van der Waals surface area contributed by atoms with Gasteiger partial charge in [-0.2, -0.15) is 0 Å². The van der Waals surface area contributed by atoms with Gasteiger partial charge >= 0.3 is 0 Å². The molecule has 1 aliphatic carbocycles. The monoisotopic (exact) mass is 434 g/mol. The highest BCUT2D eigenvalue weighted by Gasteiger charge is 2.50. The fourth-order valence-electron chi connectivity index (χ4n) is 4.06. The van der Waals surface area contributed by atoms with Crippen LogP contribution in [-0.4, -0.2) is 49.2 Å². The molecule has 160 valence electrons. The lowest BCUT2D eigenvalue weighted by Gasteiger charge is -2.30. The first-order valence-electron chi connectivity index (χ1n) is 10.3. The highest BCUT2D eigenvalue weighted by atomic mass is 32.2. The van der Waals surface area contributed by atoms with Gasteiger partial charge in [-0.05, 0) is 56.8 Å². The Labute approximate surface area is 183 Å². The van der Waals surface area contributed by atoms with E-state index in [4.69, 9.17) is 0 Å². The van der Waals surface area contributed by atoms with Crippen LogP contribution < -0.4 is 0 Å². The van der Waals surface area contributed by atoms with Crippen LogP contribution in [0.15, 0.2) is 90.0 Å². The van der Waals surface area contributed by atoms with Crippen LogP contribution in [0.25, 0.3) is 10.9 Å². The van der Waals surface area contributed by atoms with E-state index in [-0.39, 0.29) is 11.3 Å². The Hall–Kier alpha value is -2.96. The molecular weight excluding hydrogens is 408 g/mol. The first kappa shape index (κ1) is 21.3. The van der Waals surface area contributed by atoms with E-state index in [1.165, 1.54) is 10.6 Å². The molecule has 0 bridgehead atoms. The number of rotatable bonds is 6. The highest BCUT2D eigenvalue weighted by molar-refractivity contribution is 7.93. The van der Waals surface area contributed by atoms with Gasteiger partial charge in [0.15, 0.2) is 14.6 Å². The lowest BCUT2D eigenvalue weighted by atomic mass is 9.98. The summed E-state index contributed by atoms with van der Waals surface area (Å²) in [5.41, 5.74) is 1.86. The number of hydrogen-bond acceptors (Lipinski definition) is 4. The van der Waals surface area contributed by atoms with Crippen LogP contribution in [0.1, 0.15) is 16.8 Å². The van der Waals surface area contributed by atoms with E-state index in [0.29, 0.717) is 0 Å². The number of sulfone groups is 1. The van der Waals surface area contributed by atoms with Gasteiger partial charge in [0.1, 0.15) is 0 Å². The molecule has 31 heavy (non-hydrogen) atoms. The van der Waals surface area contributed by atoms with Gasteiger partial charge in [-0.25, -0.2) is 8.42 Å². The maximum Gasteiger partial charge on any atom is 0.257 e. The van der Waals surface area contributed by atoms with Gasteiger partial charge in [0, 0.05) is 18.1 Å². The molecule has 0 N–H and O–H groups in total. The van der Waals surface area contributed by atoms with E-state index in [0.717, 1.165) is 29.4 Å². The molecule has 0 spiro atoms. The number of fused-ring (bicyclic) bond motifs is 1. The van der Waals surface area contributed by atoms with Crippen LogP contribution in [0.5, 0.6) is 0 Å². The molecule has 1 unspecified atom stereocenters. The molecule has 1 heterocycles. The molecule has 6 heteroatoms. The Morgan fingerprint density at radius 2 is 1.81 bits per heavy atom. The number of likely N-dealkylation sites (N-methyl/N-ethyl adjacent to an activating group) is 1.